The van der Waals surface area contributed by atoms with Gasteiger partial charge >= 0.3 is 6.18 Å². The van der Waals surface area contributed by atoms with E-state index in [1.54, 1.807) is 6.07 Å². The van der Waals surface area contributed by atoms with E-state index in [-0.39, 0.29) is 11.4 Å². The summed E-state index contributed by atoms with van der Waals surface area (Å²) in [6, 6.07) is 4.60. The summed E-state index contributed by atoms with van der Waals surface area (Å²) in [6.45, 7) is 1.77. The highest BCUT2D eigenvalue weighted by atomic mass is 35.5. The predicted octanol–water partition coefficient (Wildman–Crippen LogP) is 5.07. The molecule has 2 fully saturated rings. The number of halogens is 4. The van der Waals surface area contributed by atoms with Crippen LogP contribution >= 0.6 is 11.6 Å². The van der Waals surface area contributed by atoms with Crippen LogP contribution in [0.5, 0.6) is 0 Å². The first-order chi connectivity index (χ1) is 9.97. The molecule has 2 aliphatic carbocycles. The quantitative estimate of drug-likeness (QED) is 0.662. The number of rotatable bonds is 6. The van der Waals surface area contributed by atoms with Crippen molar-refractivity contribution in [3.8, 4) is 0 Å². The Hall–Kier alpha value is -0.900. The second kappa shape index (κ2) is 5.71. The Kier molecular flexibility index (Phi) is 4.08. The zero-order valence-corrected chi connectivity index (χ0v) is 12.6. The van der Waals surface area contributed by atoms with Crippen molar-refractivity contribution in [2.24, 2.45) is 11.8 Å². The van der Waals surface area contributed by atoms with Crippen LogP contribution in [0.1, 0.15) is 36.8 Å². The largest absolute Gasteiger partial charge is 0.416 e. The summed E-state index contributed by atoms with van der Waals surface area (Å²) in [5.74, 6) is 1.21. The normalized spacial score (nSPS) is 18.9. The highest BCUT2D eigenvalue weighted by molar-refractivity contribution is 6.17. The van der Waals surface area contributed by atoms with Crippen LogP contribution in [0.15, 0.2) is 18.2 Å². The van der Waals surface area contributed by atoms with Crippen LogP contribution in [0.2, 0.25) is 0 Å². The molecule has 0 atom stereocenters. The van der Waals surface area contributed by atoms with Crippen LogP contribution in [0.3, 0.4) is 0 Å². The third kappa shape index (κ3) is 3.85. The molecule has 1 aromatic carbocycles. The SMILES string of the molecule is FC(F)(F)c1cc(N(CC2CC2)CC2CC2)ccc1CCl. The standard InChI is InChI=1S/C16H19ClF3N/c17-8-13-5-6-14(7-15(13)16(18,19)20)21(9-11-1-2-11)10-12-3-4-12/h5-7,11-12H,1-4,8-10H2. The number of nitrogens with zero attached hydrogens (tertiary/aromatic N) is 1. The molecular formula is C16H19ClF3N. The number of benzene rings is 1. The van der Waals surface area contributed by atoms with Gasteiger partial charge in [-0.15, -0.1) is 11.6 Å². The van der Waals surface area contributed by atoms with E-state index >= 15 is 0 Å². The molecule has 5 heteroatoms. The van der Waals surface area contributed by atoms with Gasteiger partial charge in [-0.2, -0.15) is 13.2 Å². The van der Waals surface area contributed by atoms with E-state index in [0.717, 1.165) is 13.1 Å². The molecular weight excluding hydrogens is 299 g/mol. The first kappa shape index (κ1) is 15.0. The molecule has 0 heterocycles. The average Bonchev–Trinajstić information content (AvgIpc) is 3.31. The van der Waals surface area contributed by atoms with E-state index in [2.05, 4.69) is 4.90 Å². The van der Waals surface area contributed by atoms with Crippen LogP contribution in [-0.4, -0.2) is 13.1 Å². The molecule has 0 N–H and O–H groups in total. The van der Waals surface area contributed by atoms with Gasteiger partial charge in [-0.3, -0.25) is 0 Å². The van der Waals surface area contributed by atoms with E-state index in [0.29, 0.717) is 17.5 Å². The Balaban J connectivity index is 1.86. The molecule has 0 saturated heterocycles. The molecule has 0 spiro atoms. The summed E-state index contributed by atoms with van der Waals surface area (Å²) in [7, 11) is 0. The summed E-state index contributed by atoms with van der Waals surface area (Å²) in [4.78, 5) is 2.14. The van der Waals surface area contributed by atoms with Crippen LogP contribution in [-0.2, 0) is 12.1 Å². The average molecular weight is 318 g/mol. The molecule has 0 unspecified atom stereocenters. The molecule has 3 rings (SSSR count). The summed E-state index contributed by atoms with van der Waals surface area (Å²) in [5, 5.41) is 0. The summed E-state index contributed by atoms with van der Waals surface area (Å²) < 4.78 is 39.5. The van der Waals surface area contributed by atoms with E-state index < -0.39 is 11.7 Å². The molecule has 0 aromatic heterocycles. The Bertz CT molecular complexity index is 493. The van der Waals surface area contributed by atoms with E-state index in [1.807, 2.05) is 0 Å². The van der Waals surface area contributed by atoms with Gasteiger partial charge in [-0.1, -0.05) is 6.07 Å². The molecule has 0 amide bonds. The lowest BCUT2D eigenvalue weighted by molar-refractivity contribution is -0.138. The van der Waals surface area contributed by atoms with Gasteiger partial charge in [0.2, 0.25) is 0 Å². The van der Waals surface area contributed by atoms with Crippen molar-refractivity contribution in [3.05, 3.63) is 29.3 Å². The molecule has 116 valence electrons. The number of hydrogen-bond donors (Lipinski definition) is 0. The van der Waals surface area contributed by atoms with Crippen molar-refractivity contribution in [2.75, 3.05) is 18.0 Å². The minimum atomic E-state index is -4.34. The van der Waals surface area contributed by atoms with Crippen LogP contribution in [0.4, 0.5) is 18.9 Å². The van der Waals surface area contributed by atoms with Crippen molar-refractivity contribution >= 4 is 17.3 Å². The fourth-order valence-electron chi connectivity index (χ4n) is 2.65. The second-order valence-electron chi connectivity index (χ2n) is 6.26. The Morgan fingerprint density at radius 3 is 2.05 bits per heavy atom. The van der Waals surface area contributed by atoms with Gasteiger partial charge in [0.05, 0.1) is 5.56 Å². The summed E-state index contributed by atoms with van der Waals surface area (Å²) in [6.07, 6.45) is 0.464. The zero-order valence-electron chi connectivity index (χ0n) is 11.8. The van der Waals surface area contributed by atoms with Gasteiger partial charge in [-0.05, 0) is 55.2 Å². The number of hydrogen-bond acceptors (Lipinski definition) is 1. The summed E-state index contributed by atoms with van der Waals surface area (Å²) >= 11 is 5.65. The lowest BCUT2D eigenvalue weighted by Crippen LogP contribution is -2.28. The summed E-state index contributed by atoms with van der Waals surface area (Å²) in [5.41, 5.74) is 0.257. The topological polar surface area (TPSA) is 3.24 Å². The number of alkyl halides is 4. The van der Waals surface area contributed by atoms with Crippen molar-refractivity contribution in [1.82, 2.24) is 0 Å². The van der Waals surface area contributed by atoms with Crippen molar-refractivity contribution < 1.29 is 13.2 Å². The molecule has 1 aromatic rings. The Labute approximate surface area is 128 Å². The second-order valence-corrected chi connectivity index (χ2v) is 6.53. The third-order valence-corrected chi connectivity index (χ3v) is 4.55. The van der Waals surface area contributed by atoms with Gasteiger partial charge in [-0.25, -0.2) is 0 Å². The van der Waals surface area contributed by atoms with Gasteiger partial charge in [0.25, 0.3) is 0 Å². The highest BCUT2D eigenvalue weighted by Crippen LogP contribution is 2.39. The fourth-order valence-corrected chi connectivity index (χ4v) is 2.88. The number of anilines is 1. The first-order valence-corrected chi connectivity index (χ1v) is 8.02. The molecule has 0 aliphatic heterocycles. The van der Waals surface area contributed by atoms with E-state index in [9.17, 15) is 13.2 Å². The lowest BCUT2D eigenvalue weighted by Gasteiger charge is -2.26. The molecule has 1 nitrogen and oxygen atoms in total. The van der Waals surface area contributed by atoms with Crippen LogP contribution in [0, 0.1) is 11.8 Å². The zero-order chi connectivity index (χ0) is 15.0. The Morgan fingerprint density at radius 2 is 1.62 bits per heavy atom. The van der Waals surface area contributed by atoms with Gasteiger partial charge in [0.15, 0.2) is 0 Å². The molecule has 2 aliphatic rings. The fraction of sp³-hybridized carbons (Fsp3) is 0.625. The monoisotopic (exact) mass is 317 g/mol. The first-order valence-electron chi connectivity index (χ1n) is 7.48. The third-order valence-electron chi connectivity index (χ3n) is 4.26. The van der Waals surface area contributed by atoms with E-state index in [4.69, 9.17) is 11.6 Å². The maximum absolute atomic E-state index is 13.2. The minimum absolute atomic E-state index is 0.111. The van der Waals surface area contributed by atoms with Gasteiger partial charge in [0, 0.05) is 24.7 Å². The van der Waals surface area contributed by atoms with Crippen LogP contribution in [0.25, 0.3) is 0 Å². The highest BCUT2D eigenvalue weighted by Gasteiger charge is 2.35. The lowest BCUT2D eigenvalue weighted by atomic mass is 10.1. The van der Waals surface area contributed by atoms with Gasteiger partial charge < -0.3 is 4.90 Å². The molecule has 21 heavy (non-hydrogen) atoms. The van der Waals surface area contributed by atoms with Gasteiger partial charge in [0.1, 0.15) is 0 Å². The maximum Gasteiger partial charge on any atom is 0.416 e. The Morgan fingerprint density at radius 1 is 1.05 bits per heavy atom. The van der Waals surface area contributed by atoms with Crippen molar-refractivity contribution in [3.63, 3.8) is 0 Å². The molecule has 2 saturated carbocycles. The van der Waals surface area contributed by atoms with Crippen molar-refractivity contribution in [1.29, 1.82) is 0 Å². The van der Waals surface area contributed by atoms with Crippen molar-refractivity contribution in [2.45, 2.75) is 37.7 Å². The van der Waals surface area contributed by atoms with Crippen LogP contribution < -0.4 is 4.90 Å². The smallest absolute Gasteiger partial charge is 0.371 e. The minimum Gasteiger partial charge on any atom is -0.371 e. The maximum atomic E-state index is 13.2. The van der Waals surface area contributed by atoms with E-state index in [1.165, 1.54) is 37.8 Å². The predicted molar refractivity (Wildman–Crippen MR) is 78.7 cm³/mol. The molecule has 0 radical (unpaired) electrons. The molecule has 0 bridgehead atoms.